The molecule has 0 atom stereocenters. The van der Waals surface area contributed by atoms with Gasteiger partial charge in [0.15, 0.2) is 0 Å². The number of nitro groups is 1. The molecule has 9 heteroatoms. The van der Waals surface area contributed by atoms with Gasteiger partial charge in [0.1, 0.15) is 12.3 Å². The number of carbonyl (C=O) groups is 3. The van der Waals surface area contributed by atoms with Crippen molar-refractivity contribution in [1.29, 1.82) is 0 Å². The molecule has 2 aromatic rings. The number of non-ortho nitro benzene ring substituents is 1. The predicted molar refractivity (Wildman–Crippen MR) is 105 cm³/mol. The van der Waals surface area contributed by atoms with Crippen LogP contribution in [0.1, 0.15) is 22.8 Å². The van der Waals surface area contributed by atoms with Crippen LogP contribution >= 0.6 is 0 Å². The third kappa shape index (κ3) is 6.90. The minimum Gasteiger partial charge on any atom is -0.464 e. The Morgan fingerprint density at radius 2 is 1.83 bits per heavy atom. The van der Waals surface area contributed by atoms with Gasteiger partial charge in [0.2, 0.25) is 0 Å². The van der Waals surface area contributed by atoms with Crippen molar-refractivity contribution in [3.05, 3.63) is 81.5 Å². The van der Waals surface area contributed by atoms with E-state index in [0.717, 1.165) is 0 Å². The summed E-state index contributed by atoms with van der Waals surface area (Å²) in [5, 5.41) is 16.0. The van der Waals surface area contributed by atoms with Gasteiger partial charge in [0.25, 0.3) is 17.5 Å². The van der Waals surface area contributed by atoms with Crippen LogP contribution < -0.4 is 10.6 Å². The van der Waals surface area contributed by atoms with Crippen LogP contribution in [0.5, 0.6) is 0 Å². The van der Waals surface area contributed by atoms with Gasteiger partial charge in [0.05, 0.1) is 11.5 Å². The van der Waals surface area contributed by atoms with E-state index in [-0.39, 0.29) is 24.5 Å². The first-order valence-corrected chi connectivity index (χ1v) is 8.61. The van der Waals surface area contributed by atoms with Gasteiger partial charge < -0.3 is 15.4 Å². The van der Waals surface area contributed by atoms with E-state index in [1.165, 1.54) is 31.2 Å². The highest BCUT2D eigenvalue weighted by atomic mass is 16.6. The highest BCUT2D eigenvalue weighted by Gasteiger charge is 2.15. The summed E-state index contributed by atoms with van der Waals surface area (Å²) in [5.41, 5.74) is 0.438. The lowest BCUT2D eigenvalue weighted by Gasteiger charge is -2.11. The SMILES string of the molecule is CC(=O)OCCNC(=O)/C(=C/c1cccc([N+](=O)[O-])c1)NC(=O)c1ccccc1. The highest BCUT2D eigenvalue weighted by molar-refractivity contribution is 6.05. The quantitative estimate of drug-likeness (QED) is 0.231. The maximum Gasteiger partial charge on any atom is 0.302 e. The van der Waals surface area contributed by atoms with E-state index in [0.29, 0.717) is 11.1 Å². The molecule has 0 unspecified atom stereocenters. The number of carbonyl (C=O) groups excluding carboxylic acids is 3. The van der Waals surface area contributed by atoms with Gasteiger partial charge in [-0.3, -0.25) is 24.5 Å². The number of rotatable bonds is 8. The summed E-state index contributed by atoms with van der Waals surface area (Å²) in [7, 11) is 0. The van der Waals surface area contributed by atoms with E-state index < -0.39 is 22.7 Å². The summed E-state index contributed by atoms with van der Waals surface area (Å²) in [5.74, 6) is -1.63. The fourth-order valence-corrected chi connectivity index (χ4v) is 2.29. The van der Waals surface area contributed by atoms with Crippen molar-refractivity contribution < 1.29 is 24.0 Å². The lowest BCUT2D eigenvalue weighted by atomic mass is 10.1. The first-order chi connectivity index (χ1) is 13.9. The second-order valence-electron chi connectivity index (χ2n) is 5.83. The van der Waals surface area contributed by atoms with Gasteiger partial charge in [0, 0.05) is 24.6 Å². The molecular weight excluding hydrogens is 378 g/mol. The van der Waals surface area contributed by atoms with Gasteiger partial charge in [-0.1, -0.05) is 30.3 Å². The average Bonchev–Trinajstić information content (AvgIpc) is 2.71. The van der Waals surface area contributed by atoms with Crippen molar-refractivity contribution in [2.24, 2.45) is 0 Å². The van der Waals surface area contributed by atoms with Crippen molar-refractivity contribution in [3.8, 4) is 0 Å². The standard InChI is InChI=1S/C20H19N3O6/c1-14(24)29-11-10-21-20(26)18(22-19(25)16-7-3-2-4-8-16)13-15-6-5-9-17(12-15)23(27)28/h2-9,12-13H,10-11H2,1H3,(H,21,26)(H,22,25)/b18-13-. The maximum absolute atomic E-state index is 12.5. The molecule has 0 aromatic heterocycles. The Morgan fingerprint density at radius 1 is 1.10 bits per heavy atom. The van der Waals surface area contributed by atoms with Crippen LogP contribution in [-0.2, 0) is 14.3 Å². The Kier molecular flexibility index (Phi) is 7.60. The fraction of sp³-hybridized carbons (Fsp3) is 0.150. The Balaban J connectivity index is 2.23. The van der Waals surface area contributed by atoms with Crippen molar-refractivity contribution in [2.75, 3.05) is 13.2 Å². The minimum atomic E-state index is -0.632. The number of benzene rings is 2. The summed E-state index contributed by atoms with van der Waals surface area (Å²) in [6, 6.07) is 13.9. The predicted octanol–water partition coefficient (Wildman–Crippen LogP) is 2.04. The number of hydrogen-bond donors (Lipinski definition) is 2. The zero-order chi connectivity index (χ0) is 21.2. The smallest absolute Gasteiger partial charge is 0.302 e. The number of nitro benzene ring substituents is 1. The molecule has 0 heterocycles. The normalized spacial score (nSPS) is 10.7. The highest BCUT2D eigenvalue weighted by Crippen LogP contribution is 2.15. The summed E-state index contributed by atoms with van der Waals surface area (Å²) in [4.78, 5) is 46.1. The molecule has 0 aliphatic rings. The molecule has 0 saturated carbocycles. The molecule has 0 fully saturated rings. The molecular formula is C20H19N3O6. The van der Waals surface area contributed by atoms with E-state index in [1.54, 1.807) is 36.4 Å². The average molecular weight is 397 g/mol. The summed E-state index contributed by atoms with van der Waals surface area (Å²) in [6.45, 7) is 1.25. The Hall–Kier alpha value is -4.01. The molecule has 0 spiro atoms. The first kappa shape index (κ1) is 21.3. The number of esters is 1. The molecule has 9 nitrogen and oxygen atoms in total. The molecule has 2 N–H and O–H groups in total. The fourth-order valence-electron chi connectivity index (χ4n) is 2.29. The van der Waals surface area contributed by atoms with Crippen LogP contribution in [0.25, 0.3) is 6.08 Å². The zero-order valence-corrected chi connectivity index (χ0v) is 15.6. The largest absolute Gasteiger partial charge is 0.464 e. The first-order valence-electron chi connectivity index (χ1n) is 8.61. The number of nitrogens with one attached hydrogen (secondary N) is 2. The lowest BCUT2D eigenvalue weighted by Crippen LogP contribution is -2.36. The topological polar surface area (TPSA) is 128 Å². The van der Waals surface area contributed by atoms with E-state index in [2.05, 4.69) is 10.6 Å². The van der Waals surface area contributed by atoms with Crippen molar-refractivity contribution in [1.82, 2.24) is 10.6 Å². The summed E-state index contributed by atoms with van der Waals surface area (Å²) < 4.78 is 4.75. The van der Waals surface area contributed by atoms with Crippen LogP contribution in [0, 0.1) is 10.1 Å². The molecule has 0 bridgehead atoms. The van der Waals surface area contributed by atoms with E-state index in [1.807, 2.05) is 0 Å². The zero-order valence-electron chi connectivity index (χ0n) is 15.6. The Morgan fingerprint density at radius 3 is 2.48 bits per heavy atom. The molecule has 150 valence electrons. The molecule has 0 radical (unpaired) electrons. The molecule has 0 saturated heterocycles. The van der Waals surface area contributed by atoms with Gasteiger partial charge in [-0.25, -0.2) is 0 Å². The van der Waals surface area contributed by atoms with E-state index >= 15 is 0 Å². The summed E-state index contributed by atoms with van der Waals surface area (Å²) in [6.07, 6.45) is 1.33. The Labute approximate surface area is 166 Å². The molecule has 0 aliphatic carbocycles. The number of ether oxygens (including phenoxy) is 1. The number of nitrogens with zero attached hydrogens (tertiary/aromatic N) is 1. The molecule has 0 aliphatic heterocycles. The van der Waals surface area contributed by atoms with E-state index in [4.69, 9.17) is 4.74 Å². The van der Waals surface area contributed by atoms with Gasteiger partial charge in [-0.2, -0.15) is 0 Å². The van der Waals surface area contributed by atoms with Crippen LogP contribution in [0.3, 0.4) is 0 Å². The monoisotopic (exact) mass is 397 g/mol. The van der Waals surface area contributed by atoms with Crippen LogP contribution in [0.4, 0.5) is 5.69 Å². The second kappa shape index (κ2) is 10.4. The van der Waals surface area contributed by atoms with Crippen LogP contribution in [0.2, 0.25) is 0 Å². The van der Waals surface area contributed by atoms with Gasteiger partial charge in [-0.05, 0) is 23.8 Å². The van der Waals surface area contributed by atoms with Crippen LogP contribution in [0.15, 0.2) is 60.3 Å². The van der Waals surface area contributed by atoms with Crippen molar-refractivity contribution in [2.45, 2.75) is 6.92 Å². The van der Waals surface area contributed by atoms with Gasteiger partial charge >= 0.3 is 5.97 Å². The third-order valence-corrected chi connectivity index (χ3v) is 3.61. The molecule has 29 heavy (non-hydrogen) atoms. The van der Waals surface area contributed by atoms with E-state index in [9.17, 15) is 24.5 Å². The van der Waals surface area contributed by atoms with Crippen LogP contribution in [-0.4, -0.2) is 35.9 Å². The maximum atomic E-state index is 12.5. The van der Waals surface area contributed by atoms with Gasteiger partial charge in [-0.15, -0.1) is 0 Å². The second-order valence-corrected chi connectivity index (χ2v) is 5.83. The summed E-state index contributed by atoms with van der Waals surface area (Å²) >= 11 is 0. The molecule has 2 rings (SSSR count). The minimum absolute atomic E-state index is 0.0300. The number of hydrogen-bond acceptors (Lipinski definition) is 6. The number of amides is 2. The lowest BCUT2D eigenvalue weighted by molar-refractivity contribution is -0.384. The molecule has 2 amide bonds. The van der Waals surface area contributed by atoms with Crippen molar-refractivity contribution in [3.63, 3.8) is 0 Å². The van der Waals surface area contributed by atoms with Crippen molar-refractivity contribution >= 4 is 29.5 Å². The third-order valence-electron chi connectivity index (χ3n) is 3.61. The molecule has 2 aromatic carbocycles. The Bertz CT molecular complexity index is 940.